The highest BCUT2D eigenvalue weighted by atomic mass is 16.5. The van der Waals surface area contributed by atoms with Crippen LogP contribution < -0.4 is 5.73 Å². The lowest BCUT2D eigenvalue weighted by molar-refractivity contribution is 0.0854. The first-order chi connectivity index (χ1) is 9.26. The Balaban J connectivity index is 2.04. The van der Waals surface area contributed by atoms with Crippen molar-refractivity contribution in [3.8, 4) is 0 Å². The van der Waals surface area contributed by atoms with Crippen molar-refractivity contribution in [1.29, 1.82) is 0 Å². The SMILES string of the molecule is CCCC(OC)c1noc(Cn2cc(CN)nn2)n1. The predicted molar refractivity (Wildman–Crippen MR) is 66.0 cm³/mol. The summed E-state index contributed by atoms with van der Waals surface area (Å²) in [5, 5.41) is 11.7. The number of nitrogens with zero attached hydrogens (tertiary/aromatic N) is 5. The minimum atomic E-state index is -0.127. The zero-order valence-electron chi connectivity index (χ0n) is 11.1. The van der Waals surface area contributed by atoms with Gasteiger partial charge in [0.05, 0.1) is 11.9 Å². The standard InChI is InChI=1S/C11H18N6O2/c1-3-4-9(18-2)11-13-10(19-15-11)7-17-6-8(5-12)14-16-17/h6,9H,3-5,7,12H2,1-2H3. The van der Waals surface area contributed by atoms with Crippen LogP contribution >= 0.6 is 0 Å². The molecule has 0 aliphatic rings. The van der Waals surface area contributed by atoms with E-state index in [2.05, 4.69) is 27.4 Å². The molecule has 1 atom stereocenters. The Morgan fingerprint density at radius 1 is 1.53 bits per heavy atom. The highest BCUT2D eigenvalue weighted by molar-refractivity contribution is 4.94. The van der Waals surface area contributed by atoms with Gasteiger partial charge in [-0.15, -0.1) is 5.10 Å². The molecule has 0 aliphatic heterocycles. The van der Waals surface area contributed by atoms with Crippen LogP contribution in [0.1, 0.15) is 43.3 Å². The minimum absolute atomic E-state index is 0.127. The van der Waals surface area contributed by atoms with Crippen molar-refractivity contribution in [3.05, 3.63) is 23.6 Å². The lowest BCUT2D eigenvalue weighted by Gasteiger charge is -2.08. The maximum Gasteiger partial charge on any atom is 0.248 e. The fourth-order valence-electron chi connectivity index (χ4n) is 1.73. The van der Waals surface area contributed by atoms with Gasteiger partial charge in [0.25, 0.3) is 0 Å². The van der Waals surface area contributed by atoms with E-state index in [1.54, 1.807) is 18.0 Å². The molecule has 8 nitrogen and oxygen atoms in total. The maximum atomic E-state index is 5.47. The number of ether oxygens (including phenoxy) is 1. The molecule has 0 bridgehead atoms. The third-order valence-electron chi connectivity index (χ3n) is 2.70. The highest BCUT2D eigenvalue weighted by Gasteiger charge is 2.17. The predicted octanol–water partition coefficient (Wildman–Crippen LogP) is 0.656. The average molecular weight is 266 g/mol. The molecule has 0 saturated heterocycles. The van der Waals surface area contributed by atoms with Gasteiger partial charge in [-0.3, -0.25) is 0 Å². The fourth-order valence-corrected chi connectivity index (χ4v) is 1.73. The van der Waals surface area contributed by atoms with E-state index in [1.807, 2.05) is 0 Å². The van der Waals surface area contributed by atoms with Crippen molar-refractivity contribution in [2.75, 3.05) is 7.11 Å². The van der Waals surface area contributed by atoms with Gasteiger partial charge in [0.2, 0.25) is 11.7 Å². The van der Waals surface area contributed by atoms with Crippen LogP contribution in [0.2, 0.25) is 0 Å². The van der Waals surface area contributed by atoms with Crippen LogP contribution in [0, 0.1) is 0 Å². The highest BCUT2D eigenvalue weighted by Crippen LogP contribution is 2.18. The summed E-state index contributed by atoms with van der Waals surface area (Å²) in [6.07, 6.45) is 3.48. The second kappa shape index (κ2) is 6.39. The van der Waals surface area contributed by atoms with Gasteiger partial charge in [0.1, 0.15) is 12.6 Å². The van der Waals surface area contributed by atoms with E-state index >= 15 is 0 Å². The van der Waals surface area contributed by atoms with Crippen molar-refractivity contribution in [2.24, 2.45) is 5.73 Å². The van der Waals surface area contributed by atoms with Gasteiger partial charge >= 0.3 is 0 Å². The minimum Gasteiger partial charge on any atom is -0.373 e. The molecule has 2 N–H and O–H groups in total. The summed E-state index contributed by atoms with van der Waals surface area (Å²) in [5.74, 6) is 1.04. The average Bonchev–Trinajstić information content (AvgIpc) is 3.05. The Bertz CT molecular complexity index is 509. The second-order valence-corrected chi connectivity index (χ2v) is 4.17. The Morgan fingerprint density at radius 2 is 2.37 bits per heavy atom. The van der Waals surface area contributed by atoms with E-state index < -0.39 is 0 Å². The maximum absolute atomic E-state index is 5.47. The normalized spacial score (nSPS) is 12.8. The van der Waals surface area contributed by atoms with Crippen molar-refractivity contribution < 1.29 is 9.26 Å². The lowest BCUT2D eigenvalue weighted by Crippen LogP contribution is -2.04. The molecular formula is C11H18N6O2. The van der Waals surface area contributed by atoms with E-state index in [1.165, 1.54) is 0 Å². The molecule has 0 radical (unpaired) electrons. The van der Waals surface area contributed by atoms with Gasteiger partial charge in [-0.25, -0.2) is 4.68 Å². The number of hydrogen-bond acceptors (Lipinski definition) is 7. The Labute approximate surface area is 110 Å². The van der Waals surface area contributed by atoms with Gasteiger partial charge in [0.15, 0.2) is 0 Å². The van der Waals surface area contributed by atoms with E-state index in [9.17, 15) is 0 Å². The monoisotopic (exact) mass is 266 g/mol. The van der Waals surface area contributed by atoms with E-state index in [0.717, 1.165) is 18.5 Å². The quantitative estimate of drug-likeness (QED) is 0.784. The molecule has 0 saturated carbocycles. The molecule has 104 valence electrons. The molecular weight excluding hydrogens is 248 g/mol. The molecule has 2 aromatic rings. The van der Waals surface area contributed by atoms with Crippen molar-refractivity contribution in [1.82, 2.24) is 25.1 Å². The van der Waals surface area contributed by atoms with Crippen molar-refractivity contribution in [3.63, 3.8) is 0 Å². The number of rotatable bonds is 7. The molecule has 0 aliphatic carbocycles. The van der Waals surface area contributed by atoms with Crippen molar-refractivity contribution >= 4 is 0 Å². The number of hydrogen-bond donors (Lipinski definition) is 1. The van der Waals surface area contributed by atoms with Gasteiger partial charge in [-0.05, 0) is 6.42 Å². The van der Waals surface area contributed by atoms with E-state index in [4.69, 9.17) is 15.0 Å². The summed E-state index contributed by atoms with van der Waals surface area (Å²) in [6, 6.07) is 0. The summed E-state index contributed by atoms with van der Waals surface area (Å²) in [6.45, 7) is 2.82. The molecule has 0 spiro atoms. The summed E-state index contributed by atoms with van der Waals surface area (Å²) in [5.41, 5.74) is 6.19. The van der Waals surface area contributed by atoms with E-state index in [-0.39, 0.29) is 6.10 Å². The van der Waals surface area contributed by atoms with Crippen LogP contribution in [0.3, 0.4) is 0 Å². The van der Waals surface area contributed by atoms with Crippen LogP contribution in [0.15, 0.2) is 10.7 Å². The van der Waals surface area contributed by atoms with Crippen LogP contribution in [0.4, 0.5) is 0 Å². The summed E-state index contributed by atoms with van der Waals surface area (Å²) in [4.78, 5) is 4.31. The Kier molecular flexibility index (Phi) is 4.58. The third kappa shape index (κ3) is 3.36. The summed E-state index contributed by atoms with van der Waals surface area (Å²) < 4.78 is 12.1. The lowest BCUT2D eigenvalue weighted by atomic mass is 10.2. The number of nitrogens with two attached hydrogens (primary N) is 1. The van der Waals surface area contributed by atoms with Gasteiger partial charge < -0.3 is 15.0 Å². The molecule has 2 heterocycles. The molecule has 2 aromatic heterocycles. The fraction of sp³-hybridized carbons (Fsp3) is 0.636. The number of aromatic nitrogens is 5. The van der Waals surface area contributed by atoms with Crippen LogP contribution in [0.5, 0.6) is 0 Å². The van der Waals surface area contributed by atoms with E-state index in [0.29, 0.717) is 24.8 Å². The topological polar surface area (TPSA) is 105 Å². The smallest absolute Gasteiger partial charge is 0.248 e. The first-order valence-electron chi connectivity index (χ1n) is 6.21. The molecule has 1 unspecified atom stereocenters. The van der Waals surface area contributed by atoms with Gasteiger partial charge in [-0.2, -0.15) is 4.98 Å². The third-order valence-corrected chi connectivity index (χ3v) is 2.70. The largest absolute Gasteiger partial charge is 0.373 e. The molecule has 0 aromatic carbocycles. The number of methoxy groups -OCH3 is 1. The Morgan fingerprint density at radius 3 is 3.00 bits per heavy atom. The van der Waals surface area contributed by atoms with Gasteiger partial charge in [0, 0.05) is 13.7 Å². The first kappa shape index (κ1) is 13.6. The molecule has 8 heteroatoms. The molecule has 2 rings (SSSR count). The van der Waals surface area contributed by atoms with Gasteiger partial charge in [-0.1, -0.05) is 23.7 Å². The molecule has 0 amide bonds. The zero-order chi connectivity index (χ0) is 13.7. The summed E-state index contributed by atoms with van der Waals surface area (Å²) in [7, 11) is 1.64. The molecule has 0 fully saturated rings. The van der Waals surface area contributed by atoms with Crippen LogP contribution in [0.25, 0.3) is 0 Å². The van der Waals surface area contributed by atoms with Crippen LogP contribution in [-0.4, -0.2) is 32.2 Å². The molecule has 19 heavy (non-hydrogen) atoms. The van der Waals surface area contributed by atoms with Crippen molar-refractivity contribution in [2.45, 2.75) is 39.0 Å². The second-order valence-electron chi connectivity index (χ2n) is 4.17. The zero-order valence-corrected chi connectivity index (χ0v) is 11.1. The summed E-state index contributed by atoms with van der Waals surface area (Å²) >= 11 is 0. The van der Waals surface area contributed by atoms with Crippen LogP contribution in [-0.2, 0) is 17.8 Å². The Hall–Kier alpha value is -1.80. The first-order valence-corrected chi connectivity index (χ1v) is 6.21.